The average molecular weight is 318 g/mol. The first-order valence-corrected chi connectivity index (χ1v) is 6.17. The minimum Gasteiger partial charge on any atom is -0.465 e. The Hall–Kier alpha value is -2.38. The maximum Gasteiger partial charge on any atom is 0.419 e. The lowest BCUT2D eigenvalue weighted by Gasteiger charge is -2.15. The molecule has 0 fully saturated rings. The summed E-state index contributed by atoms with van der Waals surface area (Å²) in [5.41, 5.74) is 2.86. The average Bonchev–Trinajstić information content (AvgIpc) is 2.44. The number of ether oxygens (including phenoxy) is 1. The number of esters is 1. The van der Waals surface area contributed by atoms with Gasteiger partial charge in [-0.2, -0.15) is 13.2 Å². The van der Waals surface area contributed by atoms with E-state index in [1.54, 1.807) is 0 Å². The van der Waals surface area contributed by atoms with Crippen LogP contribution in [0.5, 0.6) is 0 Å². The Morgan fingerprint density at radius 1 is 1.32 bits per heavy atom. The highest BCUT2D eigenvalue weighted by Crippen LogP contribution is 2.29. The SMILES string of the molecule is CCN=C(/C(=C\N)C(F)(F)F)c1cc(F)cc(C(=O)OC)c1. The summed E-state index contributed by atoms with van der Waals surface area (Å²) in [7, 11) is 1.08. The van der Waals surface area contributed by atoms with E-state index in [0.717, 1.165) is 25.3 Å². The van der Waals surface area contributed by atoms with Gasteiger partial charge in [0.25, 0.3) is 0 Å². The van der Waals surface area contributed by atoms with Crippen LogP contribution in [0, 0.1) is 5.82 Å². The van der Waals surface area contributed by atoms with Gasteiger partial charge in [0, 0.05) is 18.3 Å². The van der Waals surface area contributed by atoms with Crippen molar-refractivity contribution in [3.63, 3.8) is 0 Å². The van der Waals surface area contributed by atoms with E-state index in [4.69, 9.17) is 5.73 Å². The fourth-order valence-corrected chi connectivity index (χ4v) is 1.76. The maximum atomic E-state index is 13.6. The Bertz CT molecular complexity index is 622. The van der Waals surface area contributed by atoms with Gasteiger partial charge < -0.3 is 10.5 Å². The minimum absolute atomic E-state index is 0.0207. The molecule has 4 nitrogen and oxygen atoms in total. The van der Waals surface area contributed by atoms with Crippen molar-refractivity contribution in [1.82, 2.24) is 0 Å². The fraction of sp³-hybridized carbons (Fsp3) is 0.286. The monoisotopic (exact) mass is 318 g/mol. The normalized spacial score (nSPS) is 13.2. The molecule has 0 unspecified atom stereocenters. The van der Waals surface area contributed by atoms with E-state index in [1.165, 1.54) is 6.92 Å². The standard InChI is InChI=1S/C14H14F4N2O2/c1-3-20-12(11(7-19)14(16,17)18)8-4-9(13(21)22-2)6-10(15)5-8/h4-7H,3,19H2,1-2H3/b11-7+,20-12?. The minimum atomic E-state index is -4.76. The quantitative estimate of drug-likeness (QED) is 0.527. The molecular weight excluding hydrogens is 304 g/mol. The number of carbonyl (C=O) groups is 1. The van der Waals surface area contributed by atoms with Gasteiger partial charge in [-0.15, -0.1) is 0 Å². The fourth-order valence-electron chi connectivity index (χ4n) is 1.76. The summed E-state index contributed by atoms with van der Waals surface area (Å²) in [5, 5.41) is 0. The van der Waals surface area contributed by atoms with Crippen LogP contribution >= 0.6 is 0 Å². The molecule has 1 aromatic carbocycles. The third-order valence-corrected chi connectivity index (χ3v) is 2.64. The Kier molecular flexibility index (Phi) is 5.67. The van der Waals surface area contributed by atoms with Gasteiger partial charge in [-0.05, 0) is 25.1 Å². The van der Waals surface area contributed by atoms with Crippen LogP contribution in [0.4, 0.5) is 17.6 Å². The Morgan fingerprint density at radius 2 is 1.91 bits per heavy atom. The molecule has 0 aromatic heterocycles. The van der Waals surface area contributed by atoms with Crippen molar-refractivity contribution in [2.24, 2.45) is 10.7 Å². The van der Waals surface area contributed by atoms with E-state index < -0.39 is 29.2 Å². The van der Waals surface area contributed by atoms with Crippen LogP contribution in [0.15, 0.2) is 35.0 Å². The molecule has 1 aromatic rings. The molecule has 0 amide bonds. The van der Waals surface area contributed by atoms with E-state index in [-0.39, 0.29) is 17.7 Å². The second kappa shape index (κ2) is 7.06. The zero-order chi connectivity index (χ0) is 16.9. The van der Waals surface area contributed by atoms with E-state index in [9.17, 15) is 22.4 Å². The lowest BCUT2D eigenvalue weighted by molar-refractivity contribution is -0.0861. The molecule has 0 saturated carbocycles. The highest BCUT2D eigenvalue weighted by molar-refractivity contribution is 6.14. The first-order chi connectivity index (χ1) is 10.2. The number of nitrogens with two attached hydrogens (primary N) is 1. The summed E-state index contributed by atoms with van der Waals surface area (Å²) in [6, 6.07) is 2.77. The number of hydrogen-bond acceptors (Lipinski definition) is 4. The number of nitrogens with zero attached hydrogens (tertiary/aromatic N) is 1. The molecule has 0 aliphatic heterocycles. The van der Waals surface area contributed by atoms with Crippen LogP contribution in [-0.2, 0) is 4.74 Å². The first kappa shape index (κ1) is 17.7. The number of aliphatic imine (C=N–C) groups is 1. The molecule has 2 N–H and O–H groups in total. The molecule has 22 heavy (non-hydrogen) atoms. The van der Waals surface area contributed by atoms with E-state index in [0.29, 0.717) is 6.20 Å². The molecule has 0 bridgehead atoms. The summed E-state index contributed by atoms with van der Waals surface area (Å²) < 4.78 is 57.0. The number of rotatable bonds is 4. The topological polar surface area (TPSA) is 64.7 Å². The maximum absolute atomic E-state index is 13.6. The predicted molar refractivity (Wildman–Crippen MR) is 73.1 cm³/mol. The van der Waals surface area contributed by atoms with Crippen molar-refractivity contribution in [3.8, 4) is 0 Å². The Balaban J connectivity index is 3.50. The summed E-state index contributed by atoms with van der Waals surface area (Å²) >= 11 is 0. The van der Waals surface area contributed by atoms with Gasteiger partial charge in [0.05, 0.1) is 24.0 Å². The third-order valence-electron chi connectivity index (χ3n) is 2.64. The third kappa shape index (κ3) is 4.06. The smallest absolute Gasteiger partial charge is 0.419 e. The number of hydrogen-bond donors (Lipinski definition) is 1. The first-order valence-electron chi connectivity index (χ1n) is 6.17. The summed E-state index contributed by atoms with van der Waals surface area (Å²) in [6.45, 7) is 1.54. The van der Waals surface area contributed by atoms with Gasteiger partial charge in [0.15, 0.2) is 0 Å². The molecule has 0 radical (unpaired) electrons. The van der Waals surface area contributed by atoms with E-state index in [2.05, 4.69) is 9.73 Å². The lowest BCUT2D eigenvalue weighted by Crippen LogP contribution is -2.23. The number of carbonyl (C=O) groups excluding carboxylic acids is 1. The van der Waals surface area contributed by atoms with Crippen LogP contribution < -0.4 is 5.73 Å². The zero-order valence-electron chi connectivity index (χ0n) is 11.9. The van der Waals surface area contributed by atoms with Gasteiger partial charge >= 0.3 is 12.1 Å². The van der Waals surface area contributed by atoms with Gasteiger partial charge in [-0.1, -0.05) is 0 Å². The van der Waals surface area contributed by atoms with Gasteiger partial charge in [0.2, 0.25) is 0 Å². The number of methoxy groups -OCH3 is 1. The van der Waals surface area contributed by atoms with Crippen molar-refractivity contribution in [3.05, 3.63) is 46.9 Å². The van der Waals surface area contributed by atoms with Crippen molar-refractivity contribution in [2.45, 2.75) is 13.1 Å². The molecule has 8 heteroatoms. The van der Waals surface area contributed by atoms with Crippen LogP contribution in [0.25, 0.3) is 0 Å². The Morgan fingerprint density at radius 3 is 2.36 bits per heavy atom. The molecule has 0 saturated heterocycles. The summed E-state index contributed by atoms with van der Waals surface area (Å²) in [4.78, 5) is 15.2. The molecule has 0 heterocycles. The zero-order valence-corrected chi connectivity index (χ0v) is 11.9. The number of benzene rings is 1. The van der Waals surface area contributed by atoms with Crippen LogP contribution in [0.2, 0.25) is 0 Å². The van der Waals surface area contributed by atoms with Gasteiger partial charge in [-0.25, -0.2) is 9.18 Å². The molecule has 0 atom stereocenters. The Labute approximate surface area is 124 Å². The van der Waals surface area contributed by atoms with Gasteiger partial charge in [0.1, 0.15) is 5.82 Å². The van der Waals surface area contributed by atoms with E-state index in [1.807, 2.05) is 0 Å². The number of allylic oxidation sites excluding steroid dienone is 1. The highest BCUT2D eigenvalue weighted by Gasteiger charge is 2.37. The van der Waals surface area contributed by atoms with Crippen molar-refractivity contribution in [2.75, 3.05) is 13.7 Å². The second-order valence-electron chi connectivity index (χ2n) is 4.12. The van der Waals surface area contributed by atoms with E-state index >= 15 is 0 Å². The number of halogens is 4. The highest BCUT2D eigenvalue weighted by atomic mass is 19.4. The van der Waals surface area contributed by atoms with Gasteiger partial charge in [-0.3, -0.25) is 4.99 Å². The van der Waals surface area contributed by atoms with Crippen LogP contribution in [-0.4, -0.2) is 31.5 Å². The van der Waals surface area contributed by atoms with Crippen LogP contribution in [0.1, 0.15) is 22.8 Å². The lowest BCUT2D eigenvalue weighted by atomic mass is 10.00. The molecular formula is C14H14F4N2O2. The molecule has 1 rings (SSSR count). The number of alkyl halides is 3. The van der Waals surface area contributed by atoms with Crippen LogP contribution in [0.3, 0.4) is 0 Å². The molecule has 0 aliphatic carbocycles. The van der Waals surface area contributed by atoms with Crippen molar-refractivity contribution < 1.29 is 27.1 Å². The van der Waals surface area contributed by atoms with Crippen molar-refractivity contribution in [1.29, 1.82) is 0 Å². The molecule has 0 spiro atoms. The van der Waals surface area contributed by atoms with Crippen molar-refractivity contribution >= 4 is 11.7 Å². The second-order valence-corrected chi connectivity index (χ2v) is 4.12. The molecule has 0 aliphatic rings. The predicted octanol–water partition coefficient (Wildman–Crippen LogP) is 2.83. The molecule has 120 valence electrons. The summed E-state index contributed by atoms with van der Waals surface area (Å²) in [6.07, 6.45) is -4.41. The largest absolute Gasteiger partial charge is 0.465 e. The summed E-state index contributed by atoms with van der Waals surface area (Å²) in [5.74, 6) is -1.76.